The Bertz CT molecular complexity index is 1180. The van der Waals surface area contributed by atoms with Crippen molar-refractivity contribution in [1.82, 2.24) is 30.4 Å². The van der Waals surface area contributed by atoms with Crippen LogP contribution in [0.15, 0.2) is 60.9 Å². The van der Waals surface area contributed by atoms with Crippen molar-refractivity contribution in [3.8, 4) is 5.82 Å². The van der Waals surface area contributed by atoms with Gasteiger partial charge in [0.2, 0.25) is 11.6 Å². The Kier molecular flexibility index (Phi) is 4.30. The van der Waals surface area contributed by atoms with Gasteiger partial charge in [-0.25, -0.2) is 9.97 Å². The summed E-state index contributed by atoms with van der Waals surface area (Å²) in [4.78, 5) is 31.1. The molecular formula is C17H12N8O3. The van der Waals surface area contributed by atoms with E-state index in [0.717, 1.165) is 6.33 Å². The lowest BCUT2D eigenvalue weighted by Crippen LogP contribution is -2.30. The lowest BCUT2D eigenvalue weighted by molar-refractivity contribution is -0.384. The minimum absolute atomic E-state index is 0.0786. The molecule has 0 fully saturated rings. The zero-order chi connectivity index (χ0) is 19.5. The van der Waals surface area contributed by atoms with Crippen LogP contribution in [0.4, 0.5) is 11.5 Å². The minimum atomic E-state index is -0.650. The number of amides is 1. The van der Waals surface area contributed by atoms with Gasteiger partial charge in [-0.15, -0.1) is 5.10 Å². The number of fused-ring (bicyclic) bond motifs is 1. The number of aromatic nitrogens is 5. The number of anilines is 1. The van der Waals surface area contributed by atoms with Crippen LogP contribution in [0.25, 0.3) is 16.9 Å². The predicted molar refractivity (Wildman–Crippen MR) is 98.6 cm³/mol. The summed E-state index contributed by atoms with van der Waals surface area (Å²) in [5.74, 6) is -0.731. The van der Waals surface area contributed by atoms with Gasteiger partial charge in [0.05, 0.1) is 10.4 Å². The van der Waals surface area contributed by atoms with Crippen LogP contribution >= 0.6 is 0 Å². The van der Waals surface area contributed by atoms with Crippen LogP contribution in [0.5, 0.6) is 0 Å². The van der Waals surface area contributed by atoms with E-state index in [9.17, 15) is 14.9 Å². The van der Waals surface area contributed by atoms with Gasteiger partial charge < -0.3 is 0 Å². The van der Waals surface area contributed by atoms with E-state index in [-0.39, 0.29) is 11.6 Å². The van der Waals surface area contributed by atoms with Crippen LogP contribution in [-0.4, -0.2) is 35.8 Å². The maximum absolute atomic E-state index is 12.2. The van der Waals surface area contributed by atoms with E-state index in [2.05, 4.69) is 31.1 Å². The number of rotatable bonds is 5. The van der Waals surface area contributed by atoms with Gasteiger partial charge in [-0.3, -0.25) is 25.8 Å². The molecule has 2 heterocycles. The van der Waals surface area contributed by atoms with Gasteiger partial charge >= 0.3 is 5.69 Å². The Morgan fingerprint density at radius 3 is 2.57 bits per heavy atom. The molecule has 138 valence electrons. The first-order valence-electron chi connectivity index (χ1n) is 8.07. The molecule has 2 N–H and O–H groups in total. The monoisotopic (exact) mass is 376 g/mol. The molecule has 2 aromatic heterocycles. The fourth-order valence-corrected chi connectivity index (χ4v) is 2.59. The molecule has 2 aromatic carbocycles. The predicted octanol–water partition coefficient (Wildman–Crippen LogP) is 1.88. The van der Waals surface area contributed by atoms with Gasteiger partial charge in [0.25, 0.3) is 5.91 Å². The number of carbonyl (C=O) groups is 1. The third kappa shape index (κ3) is 3.07. The quantitative estimate of drug-likeness (QED) is 0.397. The van der Waals surface area contributed by atoms with Crippen LogP contribution < -0.4 is 10.9 Å². The molecule has 0 aliphatic heterocycles. The van der Waals surface area contributed by atoms with Gasteiger partial charge in [0.15, 0.2) is 0 Å². The standard InChI is InChI=1S/C17H12N8O3/c26-17(11-6-2-1-3-7-11)22-21-15-14(25(27)28)16(19-10-18-15)24-13-9-5-4-8-12(13)20-23-24/h1-10H,(H,22,26)(H,18,19,21). The highest BCUT2D eigenvalue weighted by Crippen LogP contribution is 2.28. The van der Waals surface area contributed by atoms with Crippen molar-refractivity contribution in [2.45, 2.75) is 0 Å². The summed E-state index contributed by atoms with van der Waals surface area (Å²) in [7, 11) is 0. The van der Waals surface area contributed by atoms with E-state index in [1.54, 1.807) is 54.6 Å². The normalized spacial score (nSPS) is 10.6. The van der Waals surface area contributed by atoms with Crippen molar-refractivity contribution < 1.29 is 9.72 Å². The van der Waals surface area contributed by atoms with Crippen LogP contribution in [0.3, 0.4) is 0 Å². The maximum Gasteiger partial charge on any atom is 0.357 e. The van der Waals surface area contributed by atoms with Gasteiger partial charge in [0.1, 0.15) is 11.8 Å². The zero-order valence-corrected chi connectivity index (χ0v) is 14.2. The van der Waals surface area contributed by atoms with Crippen molar-refractivity contribution in [3.05, 3.63) is 76.6 Å². The van der Waals surface area contributed by atoms with Crippen molar-refractivity contribution in [3.63, 3.8) is 0 Å². The molecule has 0 unspecified atom stereocenters. The van der Waals surface area contributed by atoms with E-state index < -0.39 is 16.5 Å². The van der Waals surface area contributed by atoms with Crippen LogP contribution in [0, 0.1) is 10.1 Å². The zero-order valence-electron chi connectivity index (χ0n) is 14.2. The Labute approximate surface area is 157 Å². The van der Waals surface area contributed by atoms with Gasteiger partial charge in [-0.05, 0) is 24.3 Å². The van der Waals surface area contributed by atoms with E-state index in [0.29, 0.717) is 16.6 Å². The molecule has 11 nitrogen and oxygen atoms in total. The SMILES string of the molecule is O=C(NNc1ncnc(-n2nnc3ccccc32)c1[N+](=O)[O-])c1ccccc1. The summed E-state index contributed by atoms with van der Waals surface area (Å²) in [6.45, 7) is 0. The van der Waals surface area contributed by atoms with E-state index in [4.69, 9.17) is 0 Å². The lowest BCUT2D eigenvalue weighted by Gasteiger charge is -2.10. The Morgan fingerprint density at radius 1 is 1.04 bits per heavy atom. The number of hydrazine groups is 1. The highest BCUT2D eigenvalue weighted by molar-refractivity contribution is 5.95. The second-order valence-corrected chi connectivity index (χ2v) is 5.59. The van der Waals surface area contributed by atoms with Crippen LogP contribution in [0.1, 0.15) is 10.4 Å². The van der Waals surface area contributed by atoms with Crippen molar-refractivity contribution in [1.29, 1.82) is 0 Å². The summed E-state index contributed by atoms with van der Waals surface area (Å²) < 4.78 is 1.25. The molecule has 0 bridgehead atoms. The van der Waals surface area contributed by atoms with Crippen molar-refractivity contribution in [2.75, 3.05) is 5.43 Å². The van der Waals surface area contributed by atoms with Crippen molar-refractivity contribution in [2.24, 2.45) is 0 Å². The third-order valence-corrected chi connectivity index (χ3v) is 3.87. The fraction of sp³-hybridized carbons (Fsp3) is 0. The topological polar surface area (TPSA) is 141 Å². The summed E-state index contributed by atoms with van der Waals surface area (Å²) in [6, 6.07) is 15.4. The molecule has 0 spiro atoms. The molecule has 0 atom stereocenters. The molecule has 0 radical (unpaired) electrons. The average molecular weight is 376 g/mol. The molecular weight excluding hydrogens is 364 g/mol. The summed E-state index contributed by atoms with van der Waals surface area (Å²) >= 11 is 0. The number of nitro groups is 1. The second-order valence-electron chi connectivity index (χ2n) is 5.59. The van der Waals surface area contributed by atoms with E-state index in [1.807, 2.05) is 0 Å². The van der Waals surface area contributed by atoms with Gasteiger partial charge in [0, 0.05) is 5.56 Å². The maximum atomic E-state index is 12.2. The van der Waals surface area contributed by atoms with Crippen LogP contribution in [0.2, 0.25) is 0 Å². The fourth-order valence-electron chi connectivity index (χ4n) is 2.59. The number of benzene rings is 2. The largest absolute Gasteiger partial charge is 0.357 e. The van der Waals surface area contributed by atoms with Crippen molar-refractivity contribution >= 4 is 28.4 Å². The first kappa shape index (κ1) is 17.0. The molecule has 0 aliphatic rings. The molecule has 1 amide bonds. The summed E-state index contributed by atoms with van der Waals surface area (Å²) in [5, 5.41) is 19.6. The molecule has 0 aliphatic carbocycles. The number of carbonyl (C=O) groups excluding carboxylic acids is 1. The molecule has 28 heavy (non-hydrogen) atoms. The molecule has 0 saturated carbocycles. The van der Waals surface area contributed by atoms with E-state index in [1.165, 1.54) is 4.68 Å². The number of hydrogen-bond acceptors (Lipinski definition) is 8. The molecule has 0 saturated heterocycles. The minimum Gasteiger partial charge on any atom is -0.276 e. The Hall–Kier alpha value is -4.41. The number of hydrogen-bond donors (Lipinski definition) is 2. The first-order valence-corrected chi connectivity index (χ1v) is 8.07. The Morgan fingerprint density at radius 2 is 1.79 bits per heavy atom. The van der Waals surface area contributed by atoms with Gasteiger partial charge in [-0.1, -0.05) is 35.5 Å². The smallest absolute Gasteiger partial charge is 0.276 e. The number of nitrogens with one attached hydrogen (secondary N) is 2. The highest BCUT2D eigenvalue weighted by Gasteiger charge is 2.26. The number of para-hydroxylation sites is 1. The second kappa shape index (κ2) is 7.07. The number of nitrogens with zero attached hydrogens (tertiary/aromatic N) is 6. The molecule has 4 rings (SSSR count). The van der Waals surface area contributed by atoms with E-state index >= 15 is 0 Å². The lowest BCUT2D eigenvalue weighted by atomic mass is 10.2. The third-order valence-electron chi connectivity index (χ3n) is 3.87. The Balaban J connectivity index is 1.70. The van der Waals surface area contributed by atoms with Crippen LogP contribution in [-0.2, 0) is 0 Å². The highest BCUT2D eigenvalue weighted by atomic mass is 16.6. The van der Waals surface area contributed by atoms with Gasteiger partial charge in [-0.2, -0.15) is 4.68 Å². The molecule has 11 heteroatoms. The molecule has 4 aromatic rings. The summed E-state index contributed by atoms with van der Waals surface area (Å²) in [6.07, 6.45) is 1.13. The first-order chi connectivity index (χ1) is 13.6. The average Bonchev–Trinajstić information content (AvgIpc) is 3.16. The summed E-state index contributed by atoms with van der Waals surface area (Å²) in [5.41, 5.74) is 5.91.